The van der Waals surface area contributed by atoms with Crippen LogP contribution in [0.3, 0.4) is 0 Å². The Morgan fingerprint density at radius 1 is 0.959 bits per heavy atom. The van der Waals surface area contributed by atoms with Crippen LogP contribution < -0.4 is 37.2 Å². The van der Waals surface area contributed by atoms with E-state index < -0.39 is 29.2 Å². The quantitative estimate of drug-likeness (QED) is 0.0321. The SMILES string of the molecule is CCCOCCNC(=O)c1ccc(N2CCC3(CC2)NC(=O)NC3=O)nc1.Nc1ncc(/C=C/CCN(C=O)CC(=O)NC2CCCCC2)c2n[nH]c(-c3ccc(C(=O)Nc4cc(C(F)(F)F)ccn4)cc3)c12. The van der Waals surface area contributed by atoms with Crippen molar-refractivity contribution >= 4 is 70.5 Å². The van der Waals surface area contributed by atoms with Crippen LogP contribution in [-0.2, 0) is 25.3 Å². The number of nitrogens with one attached hydrogen (secondary N) is 6. The van der Waals surface area contributed by atoms with Gasteiger partial charge in [-0.3, -0.25) is 34.4 Å². The van der Waals surface area contributed by atoms with Gasteiger partial charge in [0.15, 0.2) is 0 Å². The van der Waals surface area contributed by atoms with Gasteiger partial charge >= 0.3 is 12.2 Å². The highest BCUT2D eigenvalue weighted by Crippen LogP contribution is 2.33. The molecule has 8 N–H and O–H groups in total. The van der Waals surface area contributed by atoms with Gasteiger partial charge in [0.25, 0.3) is 17.7 Å². The Morgan fingerprint density at radius 3 is 2.38 bits per heavy atom. The maximum absolute atomic E-state index is 13.0. The van der Waals surface area contributed by atoms with E-state index in [9.17, 15) is 41.9 Å². The summed E-state index contributed by atoms with van der Waals surface area (Å²) < 4.78 is 44.3. The van der Waals surface area contributed by atoms with E-state index in [1.165, 1.54) is 23.5 Å². The van der Waals surface area contributed by atoms with E-state index in [0.29, 0.717) is 98.4 Å². The number of nitrogens with two attached hydrogens (primary N) is 1. The number of carbonyl (C=O) groups excluding carboxylic acids is 6. The molecule has 2 aliphatic heterocycles. The third-order valence-electron chi connectivity index (χ3n) is 12.6. The first-order valence-electron chi connectivity index (χ1n) is 24.1. The van der Waals surface area contributed by atoms with Crippen molar-refractivity contribution in [1.82, 2.24) is 51.3 Å². The molecule has 2 saturated heterocycles. The van der Waals surface area contributed by atoms with E-state index in [-0.39, 0.29) is 47.5 Å². The Balaban J connectivity index is 0.000000245. The predicted octanol–water partition coefficient (Wildman–Crippen LogP) is 5.60. The van der Waals surface area contributed by atoms with Gasteiger partial charge in [0, 0.05) is 74.1 Å². The number of nitrogens with zero attached hydrogens (tertiary/aromatic N) is 6. The van der Waals surface area contributed by atoms with Gasteiger partial charge in [-0.2, -0.15) is 18.3 Å². The first-order chi connectivity index (χ1) is 35.2. The number of aromatic amines is 1. The zero-order valence-corrected chi connectivity index (χ0v) is 40.2. The standard InChI is InChI=1S/C32H33F3N8O3.C18H25N5O4/c33-32(34,35)23-13-14-37-25(16-23)40-31(46)21-11-9-20(10-12-21)28-27-29(42-41-28)22(17-38-30(27)36)6-4-5-15-43(19-44)18-26(45)39-24-7-2-1-3-8-24;1-2-10-27-11-7-19-15(24)13-3-4-14(20-12-13)23-8-5-18(6-9-23)16(25)21-17(26)22-18/h4,6,9-14,16-17,19,24H,1-3,5,7-8,15,18H2,(H2,36,38)(H,39,45)(H,41,42)(H,37,40,46);3-4,12H,2,5-11H2,1H3,(H,19,24)(H2,21,22,25,26)/b6-4+;. The van der Waals surface area contributed by atoms with Gasteiger partial charge in [-0.1, -0.05) is 50.5 Å². The molecule has 0 radical (unpaired) electrons. The van der Waals surface area contributed by atoms with Crippen LogP contribution in [0.15, 0.2) is 73.2 Å². The number of urea groups is 1. The van der Waals surface area contributed by atoms with Crippen LogP contribution >= 0.6 is 0 Å². The molecule has 1 aromatic carbocycles. The molecule has 0 atom stereocenters. The van der Waals surface area contributed by atoms with Crippen molar-refractivity contribution in [2.45, 2.75) is 82.5 Å². The molecular formula is C50H58F3N13O7. The molecular weight excluding hydrogens is 952 g/mol. The largest absolute Gasteiger partial charge is 0.416 e. The first-order valence-corrected chi connectivity index (χ1v) is 24.1. The van der Waals surface area contributed by atoms with Crippen molar-refractivity contribution in [1.29, 1.82) is 0 Å². The molecule has 5 aromatic rings. The van der Waals surface area contributed by atoms with E-state index in [1.54, 1.807) is 36.7 Å². The van der Waals surface area contributed by atoms with Crippen molar-refractivity contribution in [3.05, 3.63) is 95.5 Å². The highest BCUT2D eigenvalue weighted by Gasteiger charge is 2.48. The third-order valence-corrected chi connectivity index (χ3v) is 12.6. The number of pyridine rings is 3. The number of carbonyl (C=O) groups is 6. The monoisotopic (exact) mass is 1010 g/mol. The summed E-state index contributed by atoms with van der Waals surface area (Å²) in [5.74, 6) is -0.451. The number of amides is 7. The molecule has 73 heavy (non-hydrogen) atoms. The Labute approximate surface area is 418 Å². The van der Waals surface area contributed by atoms with Crippen LogP contribution in [0.1, 0.15) is 96.6 Å². The summed E-state index contributed by atoms with van der Waals surface area (Å²) in [7, 11) is 0. The molecule has 7 amide bonds. The number of halogens is 3. The summed E-state index contributed by atoms with van der Waals surface area (Å²) in [6.07, 6.45) is 11.8. The van der Waals surface area contributed by atoms with Gasteiger partial charge in [0.1, 0.15) is 28.5 Å². The summed E-state index contributed by atoms with van der Waals surface area (Å²) in [5, 5.41) is 21.2. The summed E-state index contributed by atoms with van der Waals surface area (Å²) in [5.41, 5.74) is 7.66. The number of benzene rings is 1. The molecule has 0 unspecified atom stereocenters. The molecule has 1 spiro atoms. The van der Waals surface area contributed by atoms with Gasteiger partial charge in [-0.25, -0.2) is 19.7 Å². The van der Waals surface area contributed by atoms with Crippen molar-refractivity contribution in [2.75, 3.05) is 61.9 Å². The normalized spacial score (nSPS) is 15.6. The van der Waals surface area contributed by atoms with E-state index in [0.717, 1.165) is 56.3 Å². The highest BCUT2D eigenvalue weighted by atomic mass is 19.4. The lowest BCUT2D eigenvalue weighted by Gasteiger charge is -2.37. The minimum Gasteiger partial charge on any atom is -0.383 e. The van der Waals surface area contributed by atoms with Crippen LogP contribution in [-0.4, -0.2) is 124 Å². The molecule has 1 aliphatic carbocycles. The number of ether oxygens (including phenoxy) is 1. The van der Waals surface area contributed by atoms with E-state index in [2.05, 4.69) is 51.7 Å². The summed E-state index contributed by atoms with van der Waals surface area (Å²) in [4.78, 5) is 88.0. The van der Waals surface area contributed by atoms with Crippen LogP contribution in [0.5, 0.6) is 0 Å². The number of rotatable bonds is 18. The fraction of sp³-hybridized carbons (Fsp3) is 0.400. The smallest absolute Gasteiger partial charge is 0.383 e. The average Bonchev–Trinajstić information content (AvgIpc) is 3.96. The second kappa shape index (κ2) is 24.4. The number of aromatic nitrogens is 5. The number of piperidine rings is 1. The predicted molar refractivity (Wildman–Crippen MR) is 266 cm³/mol. The number of hydrogen-bond acceptors (Lipinski definition) is 13. The fourth-order valence-electron chi connectivity index (χ4n) is 8.66. The molecule has 1 saturated carbocycles. The Bertz CT molecular complexity index is 2770. The van der Waals surface area contributed by atoms with E-state index in [4.69, 9.17) is 10.5 Å². The van der Waals surface area contributed by atoms with Gasteiger partial charge in [0.05, 0.1) is 35.4 Å². The fourth-order valence-corrected chi connectivity index (χ4v) is 8.66. The van der Waals surface area contributed by atoms with Crippen molar-refractivity contribution in [3.63, 3.8) is 0 Å². The number of imide groups is 1. The molecule has 23 heteroatoms. The van der Waals surface area contributed by atoms with Crippen LogP contribution in [0.2, 0.25) is 0 Å². The summed E-state index contributed by atoms with van der Waals surface area (Å²) in [6, 6.07) is 11.2. The van der Waals surface area contributed by atoms with Gasteiger partial charge in [-0.15, -0.1) is 0 Å². The Hall–Kier alpha value is -7.95. The van der Waals surface area contributed by atoms with Crippen molar-refractivity contribution in [3.8, 4) is 11.3 Å². The number of alkyl halides is 3. The third kappa shape index (κ3) is 13.9. The Kier molecular flexibility index (Phi) is 17.7. The number of fused-ring (bicyclic) bond motifs is 1. The highest BCUT2D eigenvalue weighted by molar-refractivity contribution is 6.07. The minimum absolute atomic E-state index is 0.00677. The van der Waals surface area contributed by atoms with Crippen molar-refractivity contribution < 1.29 is 46.7 Å². The maximum atomic E-state index is 13.0. The topological polar surface area (TPSA) is 272 Å². The summed E-state index contributed by atoms with van der Waals surface area (Å²) in [6.45, 7) is 5.24. The average molecular weight is 1010 g/mol. The number of anilines is 3. The molecule has 4 aromatic heterocycles. The van der Waals surface area contributed by atoms with Crippen LogP contribution in [0.4, 0.5) is 35.4 Å². The maximum Gasteiger partial charge on any atom is 0.416 e. The zero-order chi connectivity index (χ0) is 52.0. The molecule has 8 rings (SSSR count). The van der Waals surface area contributed by atoms with Gasteiger partial charge in [-0.05, 0) is 74.9 Å². The lowest BCUT2D eigenvalue weighted by Crippen LogP contribution is -2.55. The first kappa shape index (κ1) is 52.9. The van der Waals surface area contributed by atoms with E-state index >= 15 is 0 Å². The zero-order valence-electron chi connectivity index (χ0n) is 40.2. The number of nitrogen functional groups attached to an aromatic ring is 1. The molecule has 3 fully saturated rings. The van der Waals surface area contributed by atoms with Gasteiger partial charge in [0.2, 0.25) is 12.3 Å². The van der Waals surface area contributed by atoms with E-state index in [1.807, 2.05) is 24.0 Å². The lowest BCUT2D eigenvalue weighted by atomic mass is 9.88. The molecule has 20 nitrogen and oxygen atoms in total. The number of H-pyrrole nitrogens is 1. The van der Waals surface area contributed by atoms with Crippen molar-refractivity contribution in [2.24, 2.45) is 0 Å². The number of hydrogen-bond donors (Lipinski definition) is 7. The van der Waals surface area contributed by atoms with Crippen LogP contribution in [0, 0.1) is 0 Å². The minimum atomic E-state index is -4.56. The van der Waals surface area contributed by atoms with Gasteiger partial charge < -0.3 is 41.5 Å². The van der Waals surface area contributed by atoms with Crippen LogP contribution in [0.25, 0.3) is 28.2 Å². The molecule has 0 bridgehead atoms. The second-order valence-electron chi connectivity index (χ2n) is 17.8. The Morgan fingerprint density at radius 2 is 1.71 bits per heavy atom. The second-order valence-corrected chi connectivity index (χ2v) is 17.8. The lowest BCUT2D eigenvalue weighted by molar-refractivity contribution is -0.137. The molecule has 3 aliphatic rings. The molecule has 6 heterocycles. The molecule has 386 valence electrons. The summed E-state index contributed by atoms with van der Waals surface area (Å²) >= 11 is 0.